The van der Waals surface area contributed by atoms with Crippen molar-refractivity contribution in [2.75, 3.05) is 27.4 Å². The second kappa shape index (κ2) is 11.5. The van der Waals surface area contributed by atoms with E-state index in [1.807, 2.05) is 31.2 Å². The maximum absolute atomic E-state index is 12.5. The van der Waals surface area contributed by atoms with Crippen LogP contribution in [0.5, 0.6) is 5.75 Å². The molecule has 0 fully saturated rings. The predicted octanol–water partition coefficient (Wildman–Crippen LogP) is 2.37. The Labute approximate surface area is 150 Å². The van der Waals surface area contributed by atoms with E-state index in [0.29, 0.717) is 26.1 Å². The van der Waals surface area contributed by atoms with Crippen molar-refractivity contribution in [2.24, 2.45) is 0 Å². The van der Waals surface area contributed by atoms with Crippen molar-refractivity contribution in [1.82, 2.24) is 10.2 Å². The molecule has 0 aliphatic heterocycles. The van der Waals surface area contributed by atoms with Crippen LogP contribution in [0.3, 0.4) is 0 Å². The summed E-state index contributed by atoms with van der Waals surface area (Å²) in [7, 11) is 3.24. The lowest BCUT2D eigenvalue weighted by Gasteiger charge is -2.29. The molecule has 6 nitrogen and oxygen atoms in total. The predicted molar refractivity (Wildman–Crippen MR) is 97.4 cm³/mol. The standard InChI is InChI=1S/C19H30N2O4/c1-5-7-18(22)21(14-16-8-10-17(25-4)11-9-16)15(2)19(23)20-12-6-13-24-3/h8-11,15H,5-7,12-14H2,1-4H3,(H,20,23). The molecule has 1 aromatic carbocycles. The maximum Gasteiger partial charge on any atom is 0.242 e. The maximum atomic E-state index is 12.5. The van der Waals surface area contributed by atoms with Crippen LogP contribution in [-0.2, 0) is 20.9 Å². The molecular formula is C19H30N2O4. The van der Waals surface area contributed by atoms with Crippen molar-refractivity contribution in [2.45, 2.75) is 45.7 Å². The van der Waals surface area contributed by atoms with E-state index in [1.165, 1.54) is 0 Å². The molecule has 140 valence electrons. The molecule has 0 radical (unpaired) electrons. The highest BCUT2D eigenvalue weighted by atomic mass is 16.5. The summed E-state index contributed by atoms with van der Waals surface area (Å²) in [5, 5.41) is 2.87. The highest BCUT2D eigenvalue weighted by Crippen LogP contribution is 2.15. The summed E-state index contributed by atoms with van der Waals surface area (Å²) >= 11 is 0. The summed E-state index contributed by atoms with van der Waals surface area (Å²) in [6.07, 6.45) is 1.92. The molecule has 6 heteroatoms. The van der Waals surface area contributed by atoms with E-state index in [9.17, 15) is 9.59 Å². The summed E-state index contributed by atoms with van der Waals surface area (Å²) in [6, 6.07) is 7.01. The largest absolute Gasteiger partial charge is 0.497 e. The van der Waals surface area contributed by atoms with Crippen LogP contribution in [0.4, 0.5) is 0 Å². The molecule has 0 aliphatic rings. The molecular weight excluding hydrogens is 320 g/mol. The van der Waals surface area contributed by atoms with E-state index in [-0.39, 0.29) is 11.8 Å². The van der Waals surface area contributed by atoms with Crippen LogP contribution in [0, 0.1) is 0 Å². The van der Waals surface area contributed by atoms with Crippen molar-refractivity contribution in [1.29, 1.82) is 0 Å². The van der Waals surface area contributed by atoms with Crippen molar-refractivity contribution < 1.29 is 19.1 Å². The monoisotopic (exact) mass is 350 g/mol. The summed E-state index contributed by atoms with van der Waals surface area (Å²) in [4.78, 5) is 26.5. The van der Waals surface area contributed by atoms with Gasteiger partial charge in [0.05, 0.1) is 7.11 Å². The Balaban J connectivity index is 2.76. The van der Waals surface area contributed by atoms with E-state index in [2.05, 4.69) is 5.32 Å². The van der Waals surface area contributed by atoms with Gasteiger partial charge in [-0.1, -0.05) is 19.1 Å². The third-order valence-electron chi connectivity index (χ3n) is 3.97. The van der Waals surface area contributed by atoms with Gasteiger partial charge in [-0.15, -0.1) is 0 Å². The van der Waals surface area contributed by atoms with E-state index in [0.717, 1.165) is 24.2 Å². The normalized spacial score (nSPS) is 11.7. The number of amides is 2. The SMILES string of the molecule is CCCC(=O)N(Cc1ccc(OC)cc1)C(C)C(=O)NCCCOC. The Hall–Kier alpha value is -2.08. The van der Waals surface area contributed by atoms with Crippen LogP contribution >= 0.6 is 0 Å². The van der Waals surface area contributed by atoms with Gasteiger partial charge < -0.3 is 19.7 Å². The van der Waals surface area contributed by atoms with Crippen molar-refractivity contribution >= 4 is 11.8 Å². The van der Waals surface area contributed by atoms with Gasteiger partial charge in [-0.25, -0.2) is 0 Å². The van der Waals surface area contributed by atoms with Gasteiger partial charge >= 0.3 is 0 Å². The lowest BCUT2D eigenvalue weighted by Crippen LogP contribution is -2.47. The Morgan fingerprint density at radius 2 is 1.88 bits per heavy atom. The Kier molecular flexibility index (Phi) is 9.62. The molecule has 1 N–H and O–H groups in total. The van der Waals surface area contributed by atoms with Gasteiger partial charge in [0.2, 0.25) is 11.8 Å². The van der Waals surface area contributed by atoms with Gasteiger partial charge in [0, 0.05) is 33.2 Å². The number of carbonyl (C=O) groups excluding carboxylic acids is 2. The van der Waals surface area contributed by atoms with Crippen molar-refractivity contribution in [3.05, 3.63) is 29.8 Å². The minimum absolute atomic E-state index is 0.0159. The Morgan fingerprint density at radius 3 is 2.44 bits per heavy atom. The van der Waals surface area contributed by atoms with Gasteiger partial charge in [0.15, 0.2) is 0 Å². The van der Waals surface area contributed by atoms with E-state index >= 15 is 0 Å². The number of benzene rings is 1. The average molecular weight is 350 g/mol. The summed E-state index contributed by atoms with van der Waals surface area (Å²) in [6.45, 7) is 5.26. The molecule has 0 saturated carbocycles. The summed E-state index contributed by atoms with van der Waals surface area (Å²) in [5.41, 5.74) is 0.962. The van der Waals surface area contributed by atoms with Gasteiger partial charge in [-0.05, 0) is 37.5 Å². The number of hydrogen-bond acceptors (Lipinski definition) is 4. The van der Waals surface area contributed by atoms with Gasteiger partial charge in [-0.2, -0.15) is 0 Å². The van der Waals surface area contributed by atoms with Gasteiger partial charge in [-0.3, -0.25) is 9.59 Å². The number of hydrogen-bond donors (Lipinski definition) is 1. The first-order valence-electron chi connectivity index (χ1n) is 8.72. The lowest BCUT2D eigenvalue weighted by atomic mass is 10.1. The number of carbonyl (C=O) groups is 2. The third kappa shape index (κ3) is 7.13. The first kappa shape index (κ1) is 21.0. The molecule has 25 heavy (non-hydrogen) atoms. The molecule has 1 unspecified atom stereocenters. The fraction of sp³-hybridized carbons (Fsp3) is 0.579. The van der Waals surface area contributed by atoms with Crippen LogP contribution in [0.25, 0.3) is 0 Å². The van der Waals surface area contributed by atoms with Crippen LogP contribution < -0.4 is 10.1 Å². The lowest BCUT2D eigenvalue weighted by molar-refractivity contribution is -0.140. The fourth-order valence-corrected chi connectivity index (χ4v) is 2.44. The molecule has 0 saturated heterocycles. The quantitative estimate of drug-likeness (QED) is 0.622. The second-order valence-electron chi connectivity index (χ2n) is 5.93. The van der Waals surface area contributed by atoms with Gasteiger partial charge in [0.1, 0.15) is 11.8 Å². The molecule has 1 aromatic rings. The Bertz CT molecular complexity index is 531. The number of nitrogens with zero attached hydrogens (tertiary/aromatic N) is 1. The zero-order chi connectivity index (χ0) is 18.7. The average Bonchev–Trinajstić information content (AvgIpc) is 2.63. The van der Waals surface area contributed by atoms with Crippen LogP contribution in [0.2, 0.25) is 0 Å². The van der Waals surface area contributed by atoms with E-state index in [4.69, 9.17) is 9.47 Å². The van der Waals surface area contributed by atoms with E-state index < -0.39 is 6.04 Å². The number of rotatable bonds is 11. The minimum Gasteiger partial charge on any atom is -0.497 e. The molecule has 0 spiro atoms. The van der Waals surface area contributed by atoms with Crippen molar-refractivity contribution in [3.8, 4) is 5.75 Å². The van der Waals surface area contributed by atoms with Gasteiger partial charge in [0.25, 0.3) is 0 Å². The smallest absolute Gasteiger partial charge is 0.242 e. The highest BCUT2D eigenvalue weighted by Gasteiger charge is 2.25. The fourth-order valence-electron chi connectivity index (χ4n) is 2.44. The summed E-state index contributed by atoms with van der Waals surface area (Å²) < 4.78 is 10.1. The number of ether oxygens (including phenoxy) is 2. The molecule has 0 bridgehead atoms. The van der Waals surface area contributed by atoms with Crippen LogP contribution in [-0.4, -0.2) is 50.1 Å². The molecule has 2 amide bonds. The molecule has 1 rings (SSSR count). The zero-order valence-corrected chi connectivity index (χ0v) is 15.7. The zero-order valence-electron chi connectivity index (χ0n) is 15.7. The van der Waals surface area contributed by atoms with Crippen LogP contribution in [0.1, 0.15) is 38.7 Å². The van der Waals surface area contributed by atoms with Crippen molar-refractivity contribution in [3.63, 3.8) is 0 Å². The molecule has 0 aliphatic carbocycles. The second-order valence-corrected chi connectivity index (χ2v) is 5.93. The summed E-state index contributed by atoms with van der Waals surface area (Å²) in [5.74, 6) is 0.603. The first-order chi connectivity index (χ1) is 12.0. The highest BCUT2D eigenvalue weighted by molar-refractivity contribution is 5.87. The van der Waals surface area contributed by atoms with E-state index in [1.54, 1.807) is 26.0 Å². The number of nitrogens with one attached hydrogen (secondary N) is 1. The molecule has 1 atom stereocenters. The number of methoxy groups -OCH3 is 2. The molecule has 0 heterocycles. The minimum atomic E-state index is -0.524. The third-order valence-corrected chi connectivity index (χ3v) is 3.97. The molecule has 0 aromatic heterocycles. The first-order valence-corrected chi connectivity index (χ1v) is 8.72. The Morgan fingerprint density at radius 1 is 1.20 bits per heavy atom. The van der Waals surface area contributed by atoms with Crippen LogP contribution in [0.15, 0.2) is 24.3 Å². The topological polar surface area (TPSA) is 67.9 Å².